The molecule has 2 aromatic rings. The third kappa shape index (κ3) is 2.56. The van der Waals surface area contributed by atoms with Crippen molar-refractivity contribution in [2.45, 2.75) is 13.1 Å². The Morgan fingerprint density at radius 3 is 2.53 bits per heavy atom. The zero-order valence-corrected chi connectivity index (χ0v) is 10.4. The van der Waals surface area contributed by atoms with Gasteiger partial charge in [-0.15, -0.1) is 0 Å². The molecule has 0 saturated carbocycles. The Balaban J connectivity index is 2.57. The van der Waals surface area contributed by atoms with Gasteiger partial charge < -0.3 is 0 Å². The largest absolute Gasteiger partial charge is 0.416 e. The average Bonchev–Trinajstić information content (AvgIpc) is 2.67. The summed E-state index contributed by atoms with van der Waals surface area (Å²) in [5, 5.41) is 13.4. The Labute approximate surface area is 111 Å². The molecule has 0 amide bonds. The molecule has 2 rings (SSSR count). The van der Waals surface area contributed by atoms with Crippen molar-refractivity contribution in [3.8, 4) is 11.8 Å². The minimum Gasteiger partial charge on any atom is -0.238 e. The fourth-order valence-electron chi connectivity index (χ4n) is 1.56. The van der Waals surface area contributed by atoms with E-state index in [0.29, 0.717) is 10.7 Å². The third-order valence-corrected chi connectivity index (χ3v) is 2.90. The molecule has 0 aliphatic carbocycles. The lowest BCUT2D eigenvalue weighted by molar-refractivity contribution is -0.137. The molecule has 1 aromatic carbocycles. The molecule has 0 radical (unpaired) electrons. The molecule has 1 heterocycles. The molecule has 0 spiro atoms. The summed E-state index contributed by atoms with van der Waals surface area (Å²) in [6, 6.07) is 4.63. The summed E-state index contributed by atoms with van der Waals surface area (Å²) in [6.45, 7) is 1.66. The molecule has 3 nitrogen and oxygen atoms in total. The van der Waals surface area contributed by atoms with Crippen LogP contribution in [0.1, 0.15) is 16.8 Å². The summed E-state index contributed by atoms with van der Waals surface area (Å²) in [5.41, 5.74) is -0.201. The van der Waals surface area contributed by atoms with Crippen LogP contribution in [0.3, 0.4) is 0 Å². The van der Waals surface area contributed by atoms with Crippen LogP contribution in [0.15, 0.2) is 24.4 Å². The highest BCUT2D eigenvalue weighted by Gasteiger charge is 2.31. The molecule has 0 N–H and O–H groups in total. The van der Waals surface area contributed by atoms with Gasteiger partial charge in [0.05, 0.1) is 27.5 Å². The number of aryl methyl sites for hydroxylation is 1. The SMILES string of the molecule is Cc1nn(-c2ccc(C(F)(F)F)cc2C#N)cc1Cl. The summed E-state index contributed by atoms with van der Waals surface area (Å²) in [5.74, 6) is 0. The van der Waals surface area contributed by atoms with Crippen LogP contribution < -0.4 is 0 Å². The Morgan fingerprint density at radius 2 is 2.05 bits per heavy atom. The van der Waals surface area contributed by atoms with Crippen LogP contribution in [0.4, 0.5) is 13.2 Å². The first-order chi connectivity index (χ1) is 8.82. The number of benzene rings is 1. The van der Waals surface area contributed by atoms with Gasteiger partial charge in [-0.2, -0.15) is 23.5 Å². The highest BCUT2D eigenvalue weighted by atomic mass is 35.5. The molecular weight excluding hydrogens is 279 g/mol. The molecular formula is C12H7ClF3N3. The van der Waals surface area contributed by atoms with Crippen LogP contribution >= 0.6 is 11.6 Å². The van der Waals surface area contributed by atoms with Gasteiger partial charge in [0.2, 0.25) is 0 Å². The molecule has 19 heavy (non-hydrogen) atoms. The maximum Gasteiger partial charge on any atom is 0.416 e. The minimum atomic E-state index is -4.48. The number of hydrogen-bond acceptors (Lipinski definition) is 2. The van der Waals surface area contributed by atoms with Crippen LogP contribution in [-0.2, 0) is 6.18 Å². The van der Waals surface area contributed by atoms with E-state index >= 15 is 0 Å². The van der Waals surface area contributed by atoms with Gasteiger partial charge in [0.1, 0.15) is 6.07 Å². The Kier molecular flexibility index (Phi) is 3.25. The maximum absolute atomic E-state index is 12.6. The molecule has 98 valence electrons. The van der Waals surface area contributed by atoms with E-state index in [1.807, 2.05) is 0 Å². The number of rotatable bonds is 1. The van der Waals surface area contributed by atoms with Crippen LogP contribution in [0.5, 0.6) is 0 Å². The summed E-state index contributed by atoms with van der Waals surface area (Å²) < 4.78 is 38.9. The minimum absolute atomic E-state index is 0.117. The Morgan fingerprint density at radius 1 is 1.37 bits per heavy atom. The monoisotopic (exact) mass is 285 g/mol. The summed E-state index contributed by atoms with van der Waals surface area (Å²) in [4.78, 5) is 0. The topological polar surface area (TPSA) is 41.6 Å². The second kappa shape index (κ2) is 4.59. The van der Waals surface area contributed by atoms with Crippen molar-refractivity contribution < 1.29 is 13.2 Å². The van der Waals surface area contributed by atoms with Crippen molar-refractivity contribution >= 4 is 11.6 Å². The van der Waals surface area contributed by atoms with Crippen molar-refractivity contribution in [3.63, 3.8) is 0 Å². The molecule has 0 saturated heterocycles. The van der Waals surface area contributed by atoms with Crippen LogP contribution in [0, 0.1) is 18.3 Å². The fourth-order valence-corrected chi connectivity index (χ4v) is 1.69. The molecule has 1 aromatic heterocycles. The maximum atomic E-state index is 12.6. The predicted octanol–water partition coefficient (Wildman–Crippen LogP) is 3.72. The van der Waals surface area contributed by atoms with Gasteiger partial charge in [0, 0.05) is 6.20 Å². The molecule has 0 aliphatic rings. The van der Waals surface area contributed by atoms with Gasteiger partial charge in [0.15, 0.2) is 0 Å². The third-order valence-electron chi connectivity index (χ3n) is 2.53. The fraction of sp³-hybridized carbons (Fsp3) is 0.167. The first-order valence-corrected chi connectivity index (χ1v) is 5.54. The lowest BCUT2D eigenvalue weighted by Gasteiger charge is -2.09. The van der Waals surface area contributed by atoms with Crippen LogP contribution in [-0.4, -0.2) is 9.78 Å². The smallest absolute Gasteiger partial charge is 0.238 e. The summed E-state index contributed by atoms with van der Waals surface area (Å²) in [6.07, 6.45) is -3.04. The zero-order valence-electron chi connectivity index (χ0n) is 9.66. The number of alkyl halides is 3. The summed E-state index contributed by atoms with van der Waals surface area (Å²) in [7, 11) is 0. The van der Waals surface area contributed by atoms with Crippen LogP contribution in [0.25, 0.3) is 5.69 Å². The van der Waals surface area contributed by atoms with Crippen molar-refractivity contribution in [1.82, 2.24) is 9.78 Å². The first kappa shape index (κ1) is 13.4. The predicted molar refractivity (Wildman–Crippen MR) is 63.0 cm³/mol. The molecule has 0 atom stereocenters. The van der Waals surface area contributed by atoms with Gasteiger partial charge in [-0.1, -0.05) is 11.6 Å². The van der Waals surface area contributed by atoms with Crippen molar-refractivity contribution in [3.05, 3.63) is 46.2 Å². The second-order valence-electron chi connectivity index (χ2n) is 3.85. The lowest BCUT2D eigenvalue weighted by atomic mass is 10.1. The van der Waals surface area contributed by atoms with Crippen molar-refractivity contribution in [1.29, 1.82) is 5.26 Å². The van der Waals surface area contributed by atoms with E-state index in [9.17, 15) is 13.2 Å². The lowest BCUT2D eigenvalue weighted by Crippen LogP contribution is -2.07. The second-order valence-corrected chi connectivity index (χ2v) is 4.26. The van der Waals surface area contributed by atoms with Gasteiger partial charge in [0.25, 0.3) is 0 Å². The van der Waals surface area contributed by atoms with Gasteiger partial charge in [-0.3, -0.25) is 0 Å². The van der Waals surface area contributed by atoms with Gasteiger partial charge in [-0.25, -0.2) is 4.68 Å². The molecule has 0 aliphatic heterocycles. The van der Waals surface area contributed by atoms with E-state index in [2.05, 4.69) is 5.10 Å². The highest BCUT2D eigenvalue weighted by Crippen LogP contribution is 2.31. The van der Waals surface area contributed by atoms with E-state index in [-0.39, 0.29) is 11.3 Å². The standard InChI is InChI=1S/C12H7ClF3N3/c1-7-10(13)6-19(18-7)11-3-2-9(12(14,15)16)4-8(11)5-17/h2-4,6H,1H3. The van der Waals surface area contributed by atoms with Gasteiger partial charge >= 0.3 is 6.18 Å². The zero-order chi connectivity index (χ0) is 14.2. The normalized spacial score (nSPS) is 11.4. The van der Waals surface area contributed by atoms with E-state index < -0.39 is 11.7 Å². The van der Waals surface area contributed by atoms with E-state index in [4.69, 9.17) is 16.9 Å². The van der Waals surface area contributed by atoms with Crippen LogP contribution in [0.2, 0.25) is 5.02 Å². The Bertz CT molecular complexity index is 648. The number of nitrogens with zero attached hydrogens (tertiary/aromatic N) is 3. The van der Waals surface area contributed by atoms with E-state index in [0.717, 1.165) is 12.1 Å². The number of nitriles is 1. The van der Waals surface area contributed by atoms with Crippen molar-refractivity contribution in [2.24, 2.45) is 0 Å². The number of hydrogen-bond donors (Lipinski definition) is 0. The van der Waals surface area contributed by atoms with E-state index in [1.54, 1.807) is 13.0 Å². The first-order valence-electron chi connectivity index (χ1n) is 5.16. The Hall–Kier alpha value is -2.00. The molecule has 7 heteroatoms. The van der Waals surface area contributed by atoms with E-state index in [1.165, 1.54) is 16.9 Å². The highest BCUT2D eigenvalue weighted by molar-refractivity contribution is 6.31. The molecule has 0 fully saturated rings. The number of halogens is 4. The summed E-state index contributed by atoms with van der Waals surface area (Å²) >= 11 is 5.83. The molecule has 0 bridgehead atoms. The number of aromatic nitrogens is 2. The average molecular weight is 286 g/mol. The molecule has 0 unspecified atom stereocenters. The van der Waals surface area contributed by atoms with Gasteiger partial charge in [-0.05, 0) is 25.1 Å². The quantitative estimate of drug-likeness (QED) is 0.801. The van der Waals surface area contributed by atoms with Crippen molar-refractivity contribution in [2.75, 3.05) is 0 Å².